The molecule has 3 nitrogen and oxygen atoms in total. The van der Waals surface area contributed by atoms with Gasteiger partial charge in [-0.2, -0.15) is 0 Å². The van der Waals surface area contributed by atoms with Gasteiger partial charge in [0.1, 0.15) is 5.75 Å². The molecule has 0 bridgehead atoms. The molecule has 1 amide bonds. The van der Waals surface area contributed by atoms with Crippen LogP contribution in [-0.2, 0) is 10.2 Å². The lowest BCUT2D eigenvalue weighted by Crippen LogP contribution is -2.20. The van der Waals surface area contributed by atoms with Gasteiger partial charge in [-0.15, -0.1) is 0 Å². The van der Waals surface area contributed by atoms with Gasteiger partial charge in [0.25, 0.3) is 5.91 Å². The van der Waals surface area contributed by atoms with Crippen LogP contribution in [0.25, 0.3) is 0 Å². The molecule has 0 heterocycles. The van der Waals surface area contributed by atoms with Crippen LogP contribution in [0.3, 0.4) is 0 Å². The zero-order valence-corrected chi connectivity index (χ0v) is 17.0. The van der Waals surface area contributed by atoms with Gasteiger partial charge in [0, 0.05) is 9.26 Å². The lowest BCUT2D eigenvalue weighted by Gasteiger charge is -2.19. The summed E-state index contributed by atoms with van der Waals surface area (Å²) in [7, 11) is 0. The summed E-state index contributed by atoms with van der Waals surface area (Å²) in [5.41, 5.74) is 4.47. The predicted molar refractivity (Wildman–Crippen MR) is 108 cm³/mol. The van der Waals surface area contributed by atoms with Crippen LogP contribution < -0.4 is 10.1 Å². The summed E-state index contributed by atoms with van der Waals surface area (Å²) in [4.78, 5) is 12.1. The average Bonchev–Trinajstić information content (AvgIpc) is 2.50. The third-order valence-corrected chi connectivity index (χ3v) is 5.51. The van der Waals surface area contributed by atoms with E-state index in [1.165, 1.54) is 9.13 Å². The number of benzene rings is 2. The van der Waals surface area contributed by atoms with Crippen molar-refractivity contribution in [3.8, 4) is 5.75 Å². The van der Waals surface area contributed by atoms with Crippen molar-refractivity contribution in [2.45, 2.75) is 40.0 Å². The third-order valence-electron chi connectivity index (χ3n) is 3.81. The summed E-state index contributed by atoms with van der Waals surface area (Å²) in [6, 6.07) is 11.9. The maximum atomic E-state index is 12.1. The van der Waals surface area contributed by atoms with Crippen molar-refractivity contribution in [1.29, 1.82) is 0 Å². The first-order valence-corrected chi connectivity index (χ1v) is 9.04. The molecule has 0 unspecified atom stereocenters. The maximum absolute atomic E-state index is 12.1. The Balaban J connectivity index is 1.94. The minimum atomic E-state index is -0.157. The van der Waals surface area contributed by atoms with Gasteiger partial charge in [-0.3, -0.25) is 4.79 Å². The zero-order valence-electron chi connectivity index (χ0n) is 14.9. The minimum Gasteiger partial charge on any atom is -0.484 e. The summed E-state index contributed by atoms with van der Waals surface area (Å²) < 4.78 is 6.80. The number of ether oxygens (including phenoxy) is 1. The second-order valence-corrected chi connectivity index (χ2v) is 8.11. The Morgan fingerprint density at radius 1 is 1.08 bits per heavy atom. The fraction of sp³-hybridized carbons (Fsp3) is 0.350. The molecule has 0 radical (unpaired) electrons. The zero-order chi connectivity index (χ0) is 17.9. The molecule has 4 heteroatoms. The van der Waals surface area contributed by atoms with Crippen LogP contribution >= 0.6 is 22.6 Å². The minimum absolute atomic E-state index is 0.00105. The van der Waals surface area contributed by atoms with Crippen LogP contribution in [0.1, 0.15) is 37.5 Å². The molecule has 0 saturated carbocycles. The number of hydrogen-bond acceptors (Lipinski definition) is 2. The van der Waals surface area contributed by atoms with Crippen LogP contribution in [0, 0.1) is 17.4 Å². The predicted octanol–water partition coefficient (Wildman–Crippen LogP) is 5.22. The molecule has 0 saturated heterocycles. The number of amides is 1. The molecule has 0 spiro atoms. The molecule has 128 valence electrons. The largest absolute Gasteiger partial charge is 0.484 e. The van der Waals surface area contributed by atoms with E-state index in [1.54, 1.807) is 0 Å². The fourth-order valence-electron chi connectivity index (χ4n) is 2.42. The quantitative estimate of drug-likeness (QED) is 0.666. The first-order valence-electron chi connectivity index (χ1n) is 7.97. The van der Waals surface area contributed by atoms with E-state index in [0.717, 1.165) is 16.8 Å². The highest BCUT2D eigenvalue weighted by molar-refractivity contribution is 14.1. The molecular formula is C20H24INO2. The van der Waals surface area contributed by atoms with E-state index in [9.17, 15) is 4.79 Å². The molecule has 0 fully saturated rings. The van der Waals surface area contributed by atoms with E-state index in [2.05, 4.69) is 48.7 Å². The van der Waals surface area contributed by atoms with E-state index in [0.29, 0.717) is 5.75 Å². The highest BCUT2D eigenvalue weighted by Crippen LogP contribution is 2.24. The van der Waals surface area contributed by atoms with Gasteiger partial charge in [-0.1, -0.05) is 32.9 Å². The monoisotopic (exact) mass is 437 g/mol. The van der Waals surface area contributed by atoms with Crippen molar-refractivity contribution < 1.29 is 9.53 Å². The number of carbonyl (C=O) groups is 1. The molecule has 0 atom stereocenters. The number of aryl methyl sites for hydroxylation is 2. The first kappa shape index (κ1) is 18.8. The summed E-state index contributed by atoms with van der Waals surface area (Å²) in [5, 5.41) is 2.89. The van der Waals surface area contributed by atoms with Gasteiger partial charge in [0.15, 0.2) is 6.61 Å². The Morgan fingerprint density at radius 2 is 1.62 bits per heavy atom. The number of nitrogens with one attached hydrogen (secondary N) is 1. The van der Waals surface area contributed by atoms with Gasteiger partial charge in [0.2, 0.25) is 0 Å². The lowest BCUT2D eigenvalue weighted by molar-refractivity contribution is -0.118. The highest BCUT2D eigenvalue weighted by Gasteiger charge is 2.13. The lowest BCUT2D eigenvalue weighted by atomic mass is 9.87. The van der Waals surface area contributed by atoms with Crippen LogP contribution in [0.15, 0.2) is 36.4 Å². The molecule has 2 aromatic rings. The van der Waals surface area contributed by atoms with E-state index in [1.807, 2.05) is 50.2 Å². The summed E-state index contributed by atoms with van der Waals surface area (Å²) >= 11 is 2.31. The Hall–Kier alpha value is -1.56. The molecule has 2 rings (SSSR count). The molecule has 0 aliphatic rings. The molecule has 24 heavy (non-hydrogen) atoms. The SMILES string of the molecule is Cc1cc(NC(=O)COc2ccc(C(C)(C)C)cc2)cc(C)c1I. The molecule has 0 aliphatic carbocycles. The Labute approximate surface area is 157 Å². The van der Waals surface area contributed by atoms with Gasteiger partial charge in [0.05, 0.1) is 0 Å². The van der Waals surface area contributed by atoms with Gasteiger partial charge < -0.3 is 10.1 Å². The highest BCUT2D eigenvalue weighted by atomic mass is 127. The number of anilines is 1. The Kier molecular flexibility index (Phi) is 5.91. The van der Waals surface area contributed by atoms with Crippen LogP contribution in [0.4, 0.5) is 5.69 Å². The van der Waals surface area contributed by atoms with Crippen LogP contribution in [-0.4, -0.2) is 12.5 Å². The van der Waals surface area contributed by atoms with Gasteiger partial charge >= 0.3 is 0 Å². The van der Waals surface area contributed by atoms with Crippen molar-refractivity contribution in [2.24, 2.45) is 0 Å². The molecular weight excluding hydrogens is 413 g/mol. The summed E-state index contributed by atoms with van der Waals surface area (Å²) in [6.07, 6.45) is 0. The van der Waals surface area contributed by atoms with E-state index < -0.39 is 0 Å². The van der Waals surface area contributed by atoms with E-state index >= 15 is 0 Å². The first-order chi connectivity index (χ1) is 11.2. The molecule has 0 aromatic heterocycles. The summed E-state index contributed by atoms with van der Waals surface area (Å²) in [5.74, 6) is 0.544. The van der Waals surface area contributed by atoms with E-state index in [-0.39, 0.29) is 17.9 Å². The fourth-order valence-corrected chi connectivity index (χ4v) is 2.73. The standard InChI is InChI=1S/C20H24INO2/c1-13-10-16(11-14(2)19(13)21)22-18(23)12-24-17-8-6-15(7-9-17)20(3,4)5/h6-11H,12H2,1-5H3,(H,22,23). The number of carbonyl (C=O) groups excluding carboxylic acids is 1. The third kappa shape index (κ3) is 4.97. The second-order valence-electron chi connectivity index (χ2n) is 7.04. The Morgan fingerprint density at radius 3 is 2.12 bits per heavy atom. The van der Waals surface area contributed by atoms with Crippen LogP contribution in [0.2, 0.25) is 0 Å². The summed E-state index contributed by atoms with van der Waals surface area (Å²) in [6.45, 7) is 10.6. The van der Waals surface area contributed by atoms with Crippen molar-refractivity contribution in [3.63, 3.8) is 0 Å². The Bertz CT molecular complexity index is 707. The van der Waals surface area contributed by atoms with Crippen molar-refractivity contribution >= 4 is 34.2 Å². The molecule has 0 aliphatic heterocycles. The second kappa shape index (κ2) is 7.55. The number of halogens is 1. The van der Waals surface area contributed by atoms with Crippen molar-refractivity contribution in [1.82, 2.24) is 0 Å². The van der Waals surface area contributed by atoms with Crippen LogP contribution in [0.5, 0.6) is 5.75 Å². The van der Waals surface area contributed by atoms with Crippen molar-refractivity contribution in [3.05, 3.63) is 56.7 Å². The normalized spacial score (nSPS) is 11.2. The van der Waals surface area contributed by atoms with Gasteiger partial charge in [-0.25, -0.2) is 0 Å². The maximum Gasteiger partial charge on any atom is 0.262 e. The number of hydrogen-bond donors (Lipinski definition) is 1. The topological polar surface area (TPSA) is 38.3 Å². The smallest absolute Gasteiger partial charge is 0.262 e. The van der Waals surface area contributed by atoms with Gasteiger partial charge in [-0.05, 0) is 82.8 Å². The van der Waals surface area contributed by atoms with Crippen molar-refractivity contribution in [2.75, 3.05) is 11.9 Å². The van der Waals surface area contributed by atoms with E-state index in [4.69, 9.17) is 4.74 Å². The molecule has 1 N–H and O–H groups in total. The molecule has 2 aromatic carbocycles. The number of rotatable bonds is 4. The average molecular weight is 437 g/mol.